The van der Waals surface area contributed by atoms with Gasteiger partial charge in [-0.05, 0) is 74.0 Å². The molecule has 0 saturated heterocycles. The summed E-state index contributed by atoms with van der Waals surface area (Å²) >= 11 is 0. The lowest BCUT2D eigenvalue weighted by Crippen LogP contribution is -2.52. The number of allylic oxidation sites excluding steroid dienone is 2. The maximum absolute atomic E-state index is 12.4. The largest absolute Gasteiger partial charge is 0.394 e. The Morgan fingerprint density at radius 2 is 1.43 bits per heavy atom. The van der Waals surface area contributed by atoms with E-state index in [1.807, 2.05) is 0 Å². The standard InChI is InChI=1S/C19H28O.2H2O4S/c1-18-11-4-3-5-13(18)6-7-14-15-8-9-17(20)19(15,2)12-10-16(14)18;2*1-5(2,3)4/h3-4,13-16H,5-12H2,1-2H3;2*(H2,1,2,3,4)/t13?,14?,15?,16?,18-,19-;;/m0../s1. The number of carbonyl (C=O) groups excluding carboxylic acids is 1. The quantitative estimate of drug-likeness (QED) is 0.307. The number of fused-ring (bicyclic) bond motifs is 5. The van der Waals surface area contributed by atoms with Crippen LogP contribution in [0.4, 0.5) is 0 Å². The first-order valence-electron chi connectivity index (χ1n) is 10.1. The van der Waals surface area contributed by atoms with Gasteiger partial charge in [-0.1, -0.05) is 26.0 Å². The molecule has 4 unspecified atom stereocenters. The van der Waals surface area contributed by atoms with Gasteiger partial charge < -0.3 is 0 Å². The highest BCUT2D eigenvalue weighted by atomic mass is 32.3. The summed E-state index contributed by atoms with van der Waals surface area (Å²) in [5.74, 6) is 3.92. The second-order valence-electron chi connectivity index (χ2n) is 9.38. The third kappa shape index (κ3) is 6.10. The van der Waals surface area contributed by atoms with Crippen LogP contribution in [0.25, 0.3) is 0 Å². The summed E-state index contributed by atoms with van der Waals surface area (Å²) in [4.78, 5) is 12.4. The smallest absolute Gasteiger partial charge is 0.299 e. The molecule has 0 aliphatic heterocycles. The van der Waals surface area contributed by atoms with E-state index in [4.69, 9.17) is 35.0 Å². The Labute approximate surface area is 178 Å². The molecule has 0 bridgehead atoms. The molecule has 0 aromatic carbocycles. The lowest BCUT2D eigenvalue weighted by molar-refractivity contribution is -0.136. The van der Waals surface area contributed by atoms with E-state index in [1.54, 1.807) is 0 Å². The average molecular weight is 469 g/mol. The normalized spacial score (nSPS) is 40.0. The minimum Gasteiger partial charge on any atom is -0.299 e. The molecule has 0 radical (unpaired) electrons. The fraction of sp³-hybridized carbons (Fsp3) is 0.842. The van der Waals surface area contributed by atoms with Gasteiger partial charge in [0.2, 0.25) is 0 Å². The van der Waals surface area contributed by atoms with E-state index in [-0.39, 0.29) is 5.41 Å². The zero-order valence-corrected chi connectivity index (χ0v) is 18.9. The van der Waals surface area contributed by atoms with Crippen molar-refractivity contribution in [2.24, 2.45) is 34.5 Å². The molecule has 174 valence electrons. The topological polar surface area (TPSA) is 166 Å². The van der Waals surface area contributed by atoms with Gasteiger partial charge in [-0.25, -0.2) is 0 Å². The fourth-order valence-electron chi connectivity index (χ4n) is 6.61. The molecule has 11 heteroatoms. The van der Waals surface area contributed by atoms with Crippen molar-refractivity contribution in [3.05, 3.63) is 12.2 Å². The molecule has 0 aromatic heterocycles. The van der Waals surface area contributed by atoms with Crippen molar-refractivity contribution in [2.75, 3.05) is 0 Å². The maximum Gasteiger partial charge on any atom is 0.394 e. The molecular weight excluding hydrogens is 436 g/mol. The van der Waals surface area contributed by atoms with Crippen molar-refractivity contribution in [1.29, 1.82) is 0 Å². The lowest BCUT2D eigenvalue weighted by atomic mass is 9.46. The van der Waals surface area contributed by atoms with E-state index in [0.717, 1.165) is 24.2 Å². The van der Waals surface area contributed by atoms with Crippen molar-refractivity contribution >= 4 is 26.6 Å². The first kappa shape index (κ1) is 25.4. The molecule has 0 spiro atoms. The highest BCUT2D eigenvalue weighted by molar-refractivity contribution is 7.80. The van der Waals surface area contributed by atoms with E-state index in [0.29, 0.717) is 17.1 Å². The summed E-state index contributed by atoms with van der Waals surface area (Å²) in [5.41, 5.74) is 0.583. The zero-order chi connectivity index (χ0) is 23.0. The van der Waals surface area contributed by atoms with Crippen LogP contribution in [0.15, 0.2) is 12.2 Å². The van der Waals surface area contributed by atoms with Gasteiger partial charge in [0.25, 0.3) is 0 Å². The molecule has 30 heavy (non-hydrogen) atoms. The number of ketones is 1. The van der Waals surface area contributed by atoms with Crippen LogP contribution in [0.3, 0.4) is 0 Å². The Balaban J connectivity index is 0.000000271. The van der Waals surface area contributed by atoms with Gasteiger partial charge in [-0.3, -0.25) is 23.0 Å². The minimum absolute atomic E-state index is 0.0505. The van der Waals surface area contributed by atoms with Crippen LogP contribution in [0.2, 0.25) is 0 Å². The van der Waals surface area contributed by atoms with Crippen LogP contribution in [0.1, 0.15) is 65.2 Å². The van der Waals surface area contributed by atoms with Gasteiger partial charge in [0, 0.05) is 11.8 Å². The van der Waals surface area contributed by atoms with Crippen LogP contribution in [-0.4, -0.2) is 40.8 Å². The Hall–Kier alpha value is -0.850. The van der Waals surface area contributed by atoms with Crippen molar-refractivity contribution in [1.82, 2.24) is 0 Å². The second-order valence-corrected chi connectivity index (χ2v) is 11.2. The van der Waals surface area contributed by atoms with E-state index in [2.05, 4.69) is 26.0 Å². The van der Waals surface area contributed by atoms with Crippen LogP contribution in [-0.2, 0) is 25.6 Å². The van der Waals surface area contributed by atoms with E-state index in [1.165, 1.54) is 44.9 Å². The number of Topliss-reactive ketones (excluding diaryl/α,β-unsaturated/α-hetero) is 1. The molecule has 4 aliphatic rings. The summed E-state index contributed by atoms with van der Waals surface area (Å²) in [6.07, 6.45) is 14.8. The van der Waals surface area contributed by atoms with Crippen LogP contribution in [0, 0.1) is 34.5 Å². The van der Waals surface area contributed by atoms with Crippen LogP contribution >= 0.6 is 0 Å². The first-order chi connectivity index (χ1) is 13.6. The Kier molecular flexibility index (Phi) is 7.58. The number of rotatable bonds is 0. The molecule has 4 aliphatic carbocycles. The summed E-state index contributed by atoms with van der Waals surface area (Å²) < 4.78 is 63.2. The Morgan fingerprint density at radius 1 is 0.867 bits per heavy atom. The monoisotopic (exact) mass is 468 g/mol. The lowest BCUT2D eigenvalue weighted by Gasteiger charge is -2.58. The zero-order valence-electron chi connectivity index (χ0n) is 17.3. The van der Waals surface area contributed by atoms with Gasteiger partial charge in [0.1, 0.15) is 5.78 Å². The van der Waals surface area contributed by atoms with Crippen molar-refractivity contribution in [3.8, 4) is 0 Å². The minimum atomic E-state index is -4.67. The first-order valence-corrected chi connectivity index (χ1v) is 12.9. The second kappa shape index (κ2) is 8.95. The summed E-state index contributed by atoms with van der Waals surface area (Å²) in [6, 6.07) is 0. The molecule has 0 heterocycles. The summed E-state index contributed by atoms with van der Waals surface area (Å²) in [6.45, 7) is 4.86. The average Bonchev–Trinajstić information content (AvgIpc) is 2.87. The van der Waals surface area contributed by atoms with E-state index in [9.17, 15) is 4.79 Å². The van der Waals surface area contributed by atoms with Gasteiger partial charge in [0.05, 0.1) is 0 Å². The van der Waals surface area contributed by atoms with E-state index < -0.39 is 20.8 Å². The highest BCUT2D eigenvalue weighted by Crippen LogP contribution is 2.64. The molecule has 3 saturated carbocycles. The SMILES string of the molecule is C[C@]12CC=CCC1CCC1C2CC[C@]2(C)C(=O)CCC12.O=S(=O)(O)O.O=S(=O)(O)O. The van der Waals surface area contributed by atoms with Crippen molar-refractivity contribution < 1.29 is 39.8 Å². The molecule has 0 aromatic rings. The molecule has 9 nitrogen and oxygen atoms in total. The molecule has 3 fully saturated rings. The molecule has 4 rings (SSSR count). The summed E-state index contributed by atoms with van der Waals surface area (Å²) in [5, 5.41) is 0. The van der Waals surface area contributed by atoms with Gasteiger partial charge in [-0.2, -0.15) is 16.8 Å². The predicted molar refractivity (Wildman–Crippen MR) is 110 cm³/mol. The van der Waals surface area contributed by atoms with Gasteiger partial charge >= 0.3 is 20.8 Å². The van der Waals surface area contributed by atoms with E-state index >= 15 is 0 Å². The van der Waals surface area contributed by atoms with Crippen molar-refractivity contribution in [2.45, 2.75) is 65.2 Å². The molecule has 6 atom stereocenters. The Bertz CT molecular complexity index is 834. The number of hydrogen-bond acceptors (Lipinski definition) is 5. The van der Waals surface area contributed by atoms with Gasteiger partial charge in [0.15, 0.2) is 0 Å². The van der Waals surface area contributed by atoms with Gasteiger partial charge in [-0.15, -0.1) is 0 Å². The maximum atomic E-state index is 12.4. The van der Waals surface area contributed by atoms with Crippen molar-refractivity contribution in [3.63, 3.8) is 0 Å². The third-order valence-corrected chi connectivity index (χ3v) is 7.92. The van der Waals surface area contributed by atoms with Crippen LogP contribution < -0.4 is 0 Å². The molecular formula is C19H32O9S2. The van der Waals surface area contributed by atoms with Crippen LogP contribution in [0.5, 0.6) is 0 Å². The molecule has 0 amide bonds. The molecule has 4 N–H and O–H groups in total. The number of hydrogen-bond donors (Lipinski definition) is 4. The Morgan fingerprint density at radius 3 is 2.00 bits per heavy atom. The predicted octanol–water partition coefficient (Wildman–Crippen LogP) is 3.46. The summed E-state index contributed by atoms with van der Waals surface area (Å²) in [7, 11) is -9.33. The third-order valence-electron chi connectivity index (χ3n) is 7.92. The fourth-order valence-corrected chi connectivity index (χ4v) is 6.61. The highest BCUT2D eigenvalue weighted by Gasteiger charge is 2.59. The number of carbonyl (C=O) groups is 1.